The van der Waals surface area contributed by atoms with E-state index in [9.17, 15) is 9.90 Å². The molecule has 0 aliphatic carbocycles. The van der Waals surface area contributed by atoms with E-state index in [-0.39, 0.29) is 11.9 Å². The predicted molar refractivity (Wildman–Crippen MR) is 72.8 cm³/mol. The van der Waals surface area contributed by atoms with Gasteiger partial charge in [-0.1, -0.05) is 47.5 Å². The number of likely N-dealkylation sites (tertiary alicyclic amines) is 1. The Labute approximate surface area is 106 Å². The second-order valence-corrected chi connectivity index (χ2v) is 4.30. The van der Waals surface area contributed by atoms with Crippen LogP contribution in [0.2, 0.25) is 0 Å². The number of aliphatic hydroxyl groups excluding tert-OH is 1. The van der Waals surface area contributed by atoms with E-state index in [0.29, 0.717) is 19.5 Å². The fourth-order valence-electron chi connectivity index (χ4n) is 1.24. The zero-order chi connectivity index (χ0) is 13.8. The molecule has 0 radical (unpaired) electrons. The molecule has 1 aliphatic heterocycles. The number of carbonyl (C=O) groups excluding carboxylic acids is 1. The van der Waals surface area contributed by atoms with E-state index in [2.05, 4.69) is 27.7 Å². The molecule has 2 unspecified atom stereocenters. The van der Waals surface area contributed by atoms with Gasteiger partial charge in [-0.25, -0.2) is 0 Å². The summed E-state index contributed by atoms with van der Waals surface area (Å²) in [6.45, 7) is 11.2. The molecule has 1 heterocycles. The number of nitrogens with zero attached hydrogens (tertiary/aromatic N) is 1. The highest BCUT2D eigenvalue weighted by molar-refractivity contribution is 5.76. The zero-order valence-electron chi connectivity index (χ0n) is 12.1. The summed E-state index contributed by atoms with van der Waals surface area (Å²) >= 11 is 0. The first kappa shape index (κ1) is 18.7. The van der Waals surface area contributed by atoms with Crippen LogP contribution in [0.3, 0.4) is 0 Å². The van der Waals surface area contributed by atoms with Crippen molar-refractivity contribution in [2.24, 2.45) is 5.73 Å². The van der Waals surface area contributed by atoms with Crippen molar-refractivity contribution >= 4 is 5.91 Å². The van der Waals surface area contributed by atoms with Crippen molar-refractivity contribution in [1.82, 2.24) is 4.90 Å². The quantitative estimate of drug-likeness (QED) is 0.741. The Balaban J connectivity index is 0. The van der Waals surface area contributed by atoms with Crippen LogP contribution >= 0.6 is 0 Å². The van der Waals surface area contributed by atoms with Crippen LogP contribution in [0.15, 0.2) is 0 Å². The standard InChI is InChI=1S/C7H14N2O2.2C3H8/c1-2-7(11)9-3-5(8)6(10)4-9;2*1-3-2/h5-6,10H,2-4,8H2,1H3;2*3H2,1-2H3. The van der Waals surface area contributed by atoms with Gasteiger partial charge in [-0.2, -0.15) is 0 Å². The summed E-state index contributed by atoms with van der Waals surface area (Å²) in [6.07, 6.45) is 2.45. The SMILES string of the molecule is CCC.CCC.CCC(=O)N1CC(N)C(O)C1. The summed E-state index contributed by atoms with van der Waals surface area (Å²) in [5, 5.41) is 9.19. The van der Waals surface area contributed by atoms with Gasteiger partial charge in [-0.05, 0) is 0 Å². The summed E-state index contributed by atoms with van der Waals surface area (Å²) in [7, 11) is 0. The Morgan fingerprint density at radius 1 is 1.18 bits per heavy atom. The van der Waals surface area contributed by atoms with E-state index < -0.39 is 6.10 Å². The van der Waals surface area contributed by atoms with Gasteiger partial charge in [-0.15, -0.1) is 0 Å². The van der Waals surface area contributed by atoms with Crippen LogP contribution in [0.4, 0.5) is 0 Å². The van der Waals surface area contributed by atoms with Gasteiger partial charge in [0, 0.05) is 25.6 Å². The number of hydrogen-bond donors (Lipinski definition) is 2. The van der Waals surface area contributed by atoms with Crippen LogP contribution in [0.25, 0.3) is 0 Å². The highest BCUT2D eigenvalue weighted by Crippen LogP contribution is 2.08. The van der Waals surface area contributed by atoms with Crippen LogP contribution in [0.1, 0.15) is 53.9 Å². The van der Waals surface area contributed by atoms with Gasteiger partial charge in [-0.3, -0.25) is 4.79 Å². The van der Waals surface area contributed by atoms with Crippen molar-refractivity contribution in [3.05, 3.63) is 0 Å². The van der Waals surface area contributed by atoms with Gasteiger partial charge < -0.3 is 15.7 Å². The Bertz CT molecular complexity index is 174. The molecule has 3 N–H and O–H groups in total. The van der Waals surface area contributed by atoms with Crippen molar-refractivity contribution < 1.29 is 9.90 Å². The minimum absolute atomic E-state index is 0.0667. The Kier molecular flexibility index (Phi) is 13.1. The predicted octanol–water partition coefficient (Wildman–Crippen LogP) is 1.76. The summed E-state index contributed by atoms with van der Waals surface area (Å²) in [6, 6.07) is -0.259. The lowest BCUT2D eigenvalue weighted by molar-refractivity contribution is -0.130. The maximum absolute atomic E-state index is 11.1. The van der Waals surface area contributed by atoms with E-state index in [0.717, 1.165) is 0 Å². The molecule has 0 aromatic carbocycles. The summed E-state index contributed by atoms with van der Waals surface area (Å²) in [5.41, 5.74) is 5.52. The molecule has 4 nitrogen and oxygen atoms in total. The average Bonchev–Trinajstić information content (AvgIpc) is 2.60. The van der Waals surface area contributed by atoms with Crippen molar-refractivity contribution in [1.29, 1.82) is 0 Å². The van der Waals surface area contributed by atoms with Gasteiger partial charge in [0.15, 0.2) is 0 Å². The van der Waals surface area contributed by atoms with E-state index in [1.807, 2.05) is 0 Å². The smallest absolute Gasteiger partial charge is 0.222 e. The lowest BCUT2D eigenvalue weighted by atomic mass is 10.2. The number of amides is 1. The van der Waals surface area contributed by atoms with Gasteiger partial charge >= 0.3 is 0 Å². The highest BCUT2D eigenvalue weighted by atomic mass is 16.3. The minimum Gasteiger partial charge on any atom is -0.390 e. The van der Waals surface area contributed by atoms with Crippen molar-refractivity contribution in [2.45, 2.75) is 66.0 Å². The Morgan fingerprint density at radius 2 is 1.59 bits per heavy atom. The Morgan fingerprint density at radius 3 is 1.82 bits per heavy atom. The number of rotatable bonds is 1. The normalized spacial score (nSPS) is 22.2. The van der Waals surface area contributed by atoms with Crippen molar-refractivity contribution in [3.8, 4) is 0 Å². The second kappa shape index (κ2) is 11.9. The molecule has 0 spiro atoms. The molecular formula is C13H30N2O2. The first-order valence-corrected chi connectivity index (χ1v) is 6.69. The number of β-amino-alcohol motifs (C(OH)–C–C–N with tert-alkyl or cyclic N) is 1. The molecule has 0 aromatic rings. The molecule has 1 aliphatic rings. The van der Waals surface area contributed by atoms with E-state index in [4.69, 9.17) is 5.73 Å². The molecular weight excluding hydrogens is 216 g/mol. The third-order valence-corrected chi connectivity index (χ3v) is 1.99. The van der Waals surface area contributed by atoms with Crippen LogP contribution in [0.5, 0.6) is 0 Å². The molecule has 1 amide bonds. The maximum atomic E-state index is 11.1. The lowest BCUT2D eigenvalue weighted by Gasteiger charge is -2.13. The molecule has 1 rings (SSSR count). The molecule has 0 bridgehead atoms. The van der Waals surface area contributed by atoms with E-state index in [1.165, 1.54) is 12.8 Å². The first-order valence-electron chi connectivity index (χ1n) is 6.69. The largest absolute Gasteiger partial charge is 0.390 e. The minimum atomic E-state index is -0.537. The average molecular weight is 246 g/mol. The maximum Gasteiger partial charge on any atom is 0.222 e. The molecule has 0 aromatic heterocycles. The van der Waals surface area contributed by atoms with Gasteiger partial charge in [0.1, 0.15) is 0 Å². The zero-order valence-corrected chi connectivity index (χ0v) is 12.1. The molecule has 1 fully saturated rings. The van der Waals surface area contributed by atoms with Crippen molar-refractivity contribution in [2.75, 3.05) is 13.1 Å². The number of nitrogens with two attached hydrogens (primary N) is 1. The fraction of sp³-hybridized carbons (Fsp3) is 0.923. The topological polar surface area (TPSA) is 66.6 Å². The molecule has 1 saturated heterocycles. The van der Waals surface area contributed by atoms with Crippen LogP contribution in [-0.4, -0.2) is 41.1 Å². The second-order valence-electron chi connectivity index (χ2n) is 4.30. The number of hydrogen-bond acceptors (Lipinski definition) is 3. The summed E-state index contributed by atoms with van der Waals surface area (Å²) in [4.78, 5) is 12.7. The van der Waals surface area contributed by atoms with Crippen LogP contribution in [-0.2, 0) is 4.79 Å². The fourth-order valence-corrected chi connectivity index (χ4v) is 1.24. The van der Waals surface area contributed by atoms with E-state index >= 15 is 0 Å². The Hall–Kier alpha value is -0.610. The monoisotopic (exact) mass is 246 g/mol. The van der Waals surface area contributed by atoms with Crippen LogP contribution < -0.4 is 5.73 Å². The lowest BCUT2D eigenvalue weighted by Crippen LogP contribution is -2.33. The molecule has 104 valence electrons. The third-order valence-electron chi connectivity index (χ3n) is 1.99. The van der Waals surface area contributed by atoms with Gasteiger partial charge in [0.25, 0.3) is 0 Å². The highest BCUT2D eigenvalue weighted by Gasteiger charge is 2.30. The van der Waals surface area contributed by atoms with Crippen molar-refractivity contribution in [3.63, 3.8) is 0 Å². The van der Waals surface area contributed by atoms with Gasteiger partial charge in [0.2, 0.25) is 5.91 Å². The van der Waals surface area contributed by atoms with E-state index in [1.54, 1.807) is 11.8 Å². The first-order chi connectivity index (χ1) is 7.98. The third kappa shape index (κ3) is 9.12. The molecule has 0 saturated carbocycles. The van der Waals surface area contributed by atoms with Gasteiger partial charge in [0.05, 0.1) is 6.10 Å². The molecule has 2 atom stereocenters. The molecule has 4 heteroatoms. The molecule has 17 heavy (non-hydrogen) atoms. The van der Waals surface area contributed by atoms with Crippen LogP contribution in [0, 0.1) is 0 Å². The summed E-state index contributed by atoms with van der Waals surface area (Å²) < 4.78 is 0. The number of aliphatic hydroxyl groups is 1. The number of carbonyl (C=O) groups is 1. The summed E-state index contributed by atoms with van der Waals surface area (Å²) in [5.74, 6) is 0.0667.